The number of primary amides is 1. The van der Waals surface area contributed by atoms with Gasteiger partial charge in [0.25, 0.3) is 5.91 Å². The largest absolute Gasteiger partial charge is 0.463 e. The minimum Gasteiger partial charge on any atom is -0.463 e. The van der Waals surface area contributed by atoms with E-state index in [1.165, 1.54) is 19.2 Å². The summed E-state index contributed by atoms with van der Waals surface area (Å²) in [7, 11) is 0. The number of halogens is 2. The van der Waals surface area contributed by atoms with Crippen LogP contribution in [-0.2, 0) is 10.3 Å². The lowest BCUT2D eigenvalue weighted by atomic mass is 9.73. The van der Waals surface area contributed by atoms with Crippen LogP contribution in [0.1, 0.15) is 36.8 Å². The zero-order chi connectivity index (χ0) is 25.3. The molecule has 0 aliphatic carbocycles. The fraction of sp³-hybridized carbons (Fsp3) is 0.318. The van der Waals surface area contributed by atoms with Crippen molar-refractivity contribution in [1.29, 1.82) is 0 Å². The third-order valence-electron chi connectivity index (χ3n) is 5.81. The number of nitrogens with one attached hydrogen (secondary N) is 1. The monoisotopic (exact) mass is 488 g/mol. The van der Waals surface area contributed by atoms with Crippen molar-refractivity contribution in [1.82, 2.24) is 9.97 Å². The number of carbonyl (C=O) groups is 2. The van der Waals surface area contributed by atoms with Crippen LogP contribution in [0.5, 0.6) is 5.88 Å². The quantitative estimate of drug-likeness (QED) is 0.528. The molecule has 3 atom stereocenters. The summed E-state index contributed by atoms with van der Waals surface area (Å²) >= 11 is 0.961. The Hall–Kier alpha value is -3.72. The molecule has 0 saturated carbocycles. The first-order valence-corrected chi connectivity index (χ1v) is 10.8. The highest BCUT2D eigenvalue weighted by atomic mass is 32.2. The van der Waals surface area contributed by atoms with Gasteiger partial charge in [-0.2, -0.15) is 0 Å². The number of carbonyl (C=O) groups excluding carboxylic acids is 2. The average molecular weight is 489 g/mol. The predicted octanol–water partition coefficient (Wildman–Crippen LogP) is 2.18. The Morgan fingerprint density at radius 3 is 2.59 bits per heavy atom. The van der Waals surface area contributed by atoms with Crippen molar-refractivity contribution >= 4 is 34.4 Å². The minimum atomic E-state index is -1.46. The molecular weight excluding hydrogens is 466 g/mol. The van der Waals surface area contributed by atoms with Gasteiger partial charge in [0.05, 0.1) is 17.9 Å². The molecule has 9 nitrogen and oxygen atoms in total. The number of hydrogen-bond donors (Lipinski definition) is 3. The predicted molar refractivity (Wildman–Crippen MR) is 124 cm³/mol. The highest BCUT2D eigenvalue weighted by molar-refractivity contribution is 8.15. The van der Waals surface area contributed by atoms with Crippen molar-refractivity contribution in [3.63, 3.8) is 0 Å². The Morgan fingerprint density at radius 1 is 1.29 bits per heavy atom. The third kappa shape index (κ3) is 4.51. The van der Waals surface area contributed by atoms with Gasteiger partial charge in [-0.3, -0.25) is 14.6 Å². The number of amidine groups is 1. The number of rotatable bonds is 6. The van der Waals surface area contributed by atoms with Crippen molar-refractivity contribution in [2.75, 3.05) is 11.9 Å². The molecule has 0 radical (unpaired) electrons. The Kier molecular flexibility index (Phi) is 6.79. The first-order chi connectivity index (χ1) is 15.9. The number of ether oxygens (including phenoxy) is 1. The van der Waals surface area contributed by atoms with E-state index in [1.54, 1.807) is 13.8 Å². The van der Waals surface area contributed by atoms with Crippen molar-refractivity contribution in [3.8, 4) is 18.2 Å². The van der Waals surface area contributed by atoms with E-state index in [0.717, 1.165) is 24.0 Å². The van der Waals surface area contributed by atoms with Crippen molar-refractivity contribution in [2.24, 2.45) is 22.4 Å². The maximum absolute atomic E-state index is 15.0. The molecule has 34 heavy (non-hydrogen) atoms. The fourth-order valence-corrected chi connectivity index (χ4v) is 4.77. The van der Waals surface area contributed by atoms with Crippen LogP contribution in [0.4, 0.5) is 14.5 Å². The smallest absolute Gasteiger partial charge is 0.275 e. The molecule has 3 rings (SSSR count). The molecule has 0 bridgehead atoms. The zero-order valence-corrected chi connectivity index (χ0v) is 19.4. The average Bonchev–Trinajstić information content (AvgIpc) is 2.78. The van der Waals surface area contributed by atoms with Gasteiger partial charge < -0.3 is 21.5 Å². The lowest BCUT2D eigenvalue weighted by Crippen LogP contribution is -2.55. The van der Waals surface area contributed by atoms with E-state index >= 15 is 4.39 Å². The minimum absolute atomic E-state index is 0.00133. The summed E-state index contributed by atoms with van der Waals surface area (Å²) in [5, 5.41) is 2.46. The lowest BCUT2D eigenvalue weighted by molar-refractivity contribution is -0.121. The van der Waals surface area contributed by atoms with E-state index in [2.05, 4.69) is 26.2 Å². The number of amides is 2. The molecule has 2 amide bonds. The summed E-state index contributed by atoms with van der Waals surface area (Å²) in [6, 6.07) is 2.05. The summed E-state index contributed by atoms with van der Waals surface area (Å²) < 4.78 is 33.5. The van der Waals surface area contributed by atoms with Gasteiger partial charge in [-0.15, -0.1) is 6.42 Å². The summed E-state index contributed by atoms with van der Waals surface area (Å²) in [5.41, 5.74) is 9.71. The van der Waals surface area contributed by atoms with Crippen LogP contribution in [0.3, 0.4) is 0 Å². The van der Waals surface area contributed by atoms with Gasteiger partial charge in [-0.05, 0) is 19.9 Å². The Balaban J connectivity index is 1.97. The Bertz CT molecular complexity index is 1220. The molecule has 0 fully saturated rings. The van der Waals surface area contributed by atoms with Crippen molar-refractivity contribution < 1.29 is 23.1 Å². The van der Waals surface area contributed by atoms with Gasteiger partial charge in [0.15, 0.2) is 23.4 Å². The lowest BCUT2D eigenvalue weighted by Gasteiger charge is -2.45. The second kappa shape index (κ2) is 9.26. The van der Waals surface area contributed by atoms with Crippen LogP contribution in [0.25, 0.3) is 0 Å². The number of anilines is 1. The molecule has 5 N–H and O–H groups in total. The molecule has 1 aliphatic rings. The van der Waals surface area contributed by atoms with Crippen LogP contribution in [0.2, 0.25) is 0 Å². The number of terminal acetylenes is 1. The summed E-state index contributed by atoms with van der Waals surface area (Å²) in [5.74, 6) is -2.10. The van der Waals surface area contributed by atoms with Crippen molar-refractivity contribution in [2.45, 2.75) is 31.1 Å². The highest BCUT2D eigenvalue weighted by Crippen LogP contribution is 2.50. The number of nitrogens with two attached hydrogens (primary N) is 2. The molecule has 2 aromatic rings. The summed E-state index contributed by atoms with van der Waals surface area (Å²) in [6.07, 6.45) is 7.45. The van der Waals surface area contributed by atoms with Crippen LogP contribution in [0.15, 0.2) is 29.5 Å². The van der Waals surface area contributed by atoms with E-state index < -0.39 is 39.7 Å². The number of benzene rings is 1. The van der Waals surface area contributed by atoms with Crippen molar-refractivity contribution in [3.05, 3.63) is 47.4 Å². The molecular formula is C22H22F2N6O3S. The maximum Gasteiger partial charge on any atom is 0.275 e. The van der Waals surface area contributed by atoms with Gasteiger partial charge in [0.1, 0.15) is 10.4 Å². The second-order valence-electron chi connectivity index (χ2n) is 7.90. The molecule has 1 aromatic heterocycles. The van der Waals surface area contributed by atoms with Crippen LogP contribution in [0, 0.1) is 29.9 Å². The van der Waals surface area contributed by atoms with Gasteiger partial charge in [-0.1, -0.05) is 24.6 Å². The number of nitrogens with zero attached hydrogens (tertiary/aromatic N) is 3. The first-order valence-electron chi connectivity index (χ1n) is 9.95. The highest BCUT2D eigenvalue weighted by Gasteiger charge is 2.53. The van der Waals surface area contributed by atoms with Gasteiger partial charge in [-0.25, -0.2) is 18.7 Å². The van der Waals surface area contributed by atoms with Crippen LogP contribution in [-0.4, -0.2) is 38.3 Å². The Morgan fingerprint density at radius 2 is 2.00 bits per heavy atom. The van der Waals surface area contributed by atoms with E-state index in [0.29, 0.717) is 0 Å². The molecule has 1 aliphatic heterocycles. The van der Waals surface area contributed by atoms with E-state index in [4.69, 9.17) is 22.6 Å². The van der Waals surface area contributed by atoms with E-state index in [9.17, 15) is 14.0 Å². The molecule has 0 unspecified atom stereocenters. The number of hydrogen-bond acceptors (Lipinski definition) is 8. The van der Waals surface area contributed by atoms with E-state index in [1.807, 2.05) is 0 Å². The molecule has 2 heterocycles. The topological polar surface area (TPSA) is 146 Å². The molecule has 12 heteroatoms. The molecule has 1 aromatic carbocycles. The number of aromatic nitrogens is 2. The van der Waals surface area contributed by atoms with E-state index in [-0.39, 0.29) is 34.6 Å². The third-order valence-corrected chi connectivity index (χ3v) is 7.09. The summed E-state index contributed by atoms with van der Waals surface area (Å²) in [6.45, 7) is 4.72. The Labute approximate surface area is 198 Å². The SMILES string of the molecule is C#CCOc1cnc(C(=O)Nc2cc(F)c(F)c([C@@]3(C)N=C(N)S[C@](C)(C(N)=O)[C@H]3C)c2)cn1. The molecule has 0 spiro atoms. The number of thioether (sulfide) groups is 1. The molecule has 0 saturated heterocycles. The normalized spacial score (nSPS) is 24.0. The van der Waals surface area contributed by atoms with Crippen LogP contribution >= 0.6 is 11.8 Å². The maximum atomic E-state index is 15.0. The summed E-state index contributed by atoms with van der Waals surface area (Å²) in [4.78, 5) is 37.0. The second-order valence-corrected chi connectivity index (χ2v) is 9.37. The van der Waals surface area contributed by atoms with Gasteiger partial charge in [0.2, 0.25) is 11.8 Å². The molecule has 178 valence electrons. The first kappa shape index (κ1) is 24.9. The standard InChI is InChI=1S/C22H22F2N6O3S/c1-5-6-33-16-10-27-15(9-28-16)18(31)29-12-7-13(17(24)14(23)8-12)21(3)11(2)22(4,19(25)32)34-20(26)30-21/h1,7-11H,6H2,2-4H3,(H2,25,32)(H2,26,30)(H,29,31)/t11-,21-,22-/m0/s1. The van der Waals surface area contributed by atoms with Crippen LogP contribution < -0.4 is 21.5 Å². The van der Waals surface area contributed by atoms with Gasteiger partial charge >= 0.3 is 0 Å². The number of aliphatic imine (C=N–C) groups is 1. The zero-order valence-electron chi connectivity index (χ0n) is 18.6. The fourth-order valence-electron chi connectivity index (χ4n) is 3.60. The van der Waals surface area contributed by atoms with Gasteiger partial charge in [0, 0.05) is 23.2 Å².